The number of amides is 3. The van der Waals surface area contributed by atoms with Crippen LogP contribution in [0.5, 0.6) is 0 Å². The number of para-hydroxylation sites is 1. The quantitative estimate of drug-likeness (QED) is 0.494. The highest BCUT2D eigenvalue weighted by Gasteiger charge is 2.20. The maximum absolute atomic E-state index is 12.4. The maximum Gasteiger partial charge on any atom is 0.252 e. The maximum atomic E-state index is 12.4. The van der Waals surface area contributed by atoms with Gasteiger partial charge in [0.05, 0.1) is 13.1 Å². The molecule has 0 fully saturated rings. The molecule has 2 heterocycles. The van der Waals surface area contributed by atoms with Crippen LogP contribution in [0.3, 0.4) is 0 Å². The van der Waals surface area contributed by atoms with Crippen molar-refractivity contribution in [2.24, 2.45) is 0 Å². The molecular formula is C24H24N4O3S. The minimum absolute atomic E-state index is 0.0656. The average molecular weight is 449 g/mol. The molecule has 3 aromatic rings. The highest BCUT2D eigenvalue weighted by molar-refractivity contribution is 7.08. The van der Waals surface area contributed by atoms with Crippen LogP contribution in [0, 0.1) is 0 Å². The van der Waals surface area contributed by atoms with E-state index in [9.17, 15) is 14.4 Å². The van der Waals surface area contributed by atoms with Crippen LogP contribution >= 0.6 is 11.3 Å². The first-order valence-corrected chi connectivity index (χ1v) is 11.3. The summed E-state index contributed by atoms with van der Waals surface area (Å²) in [6.45, 7) is 1.42. The lowest BCUT2D eigenvalue weighted by molar-refractivity contribution is -0.120. The number of thiophene rings is 1. The number of benzene rings is 2. The predicted octanol–water partition coefficient (Wildman–Crippen LogP) is 2.80. The number of carbonyl (C=O) groups excluding carboxylic acids is 3. The Bertz CT molecular complexity index is 1100. The molecule has 1 aliphatic heterocycles. The fraction of sp³-hybridized carbons (Fsp3) is 0.208. The van der Waals surface area contributed by atoms with E-state index >= 15 is 0 Å². The first kappa shape index (κ1) is 21.6. The lowest BCUT2D eigenvalue weighted by atomic mass is 10.2. The van der Waals surface area contributed by atoms with Gasteiger partial charge in [-0.3, -0.25) is 14.4 Å². The van der Waals surface area contributed by atoms with Crippen LogP contribution in [-0.4, -0.2) is 37.4 Å². The van der Waals surface area contributed by atoms with Crippen molar-refractivity contribution in [2.75, 3.05) is 29.9 Å². The van der Waals surface area contributed by atoms with E-state index in [1.54, 1.807) is 11.4 Å². The molecular weight excluding hydrogens is 424 g/mol. The van der Waals surface area contributed by atoms with Crippen LogP contribution in [0.1, 0.15) is 21.5 Å². The molecule has 32 heavy (non-hydrogen) atoms. The van der Waals surface area contributed by atoms with E-state index in [0.29, 0.717) is 24.3 Å². The molecule has 0 spiro atoms. The highest BCUT2D eigenvalue weighted by Crippen LogP contribution is 2.27. The van der Waals surface area contributed by atoms with Crippen LogP contribution < -0.4 is 20.9 Å². The number of rotatable bonds is 8. The number of nitrogens with one attached hydrogen (secondary N) is 3. The van der Waals surface area contributed by atoms with Gasteiger partial charge in [-0.15, -0.1) is 0 Å². The smallest absolute Gasteiger partial charge is 0.252 e. The first-order valence-electron chi connectivity index (χ1n) is 10.4. The normalized spacial score (nSPS) is 12.2. The number of nitrogens with zero attached hydrogens (tertiary/aromatic N) is 1. The molecule has 0 aliphatic carbocycles. The van der Waals surface area contributed by atoms with E-state index in [2.05, 4.69) is 26.9 Å². The molecule has 7 nitrogen and oxygen atoms in total. The molecule has 4 rings (SSSR count). The zero-order valence-corrected chi connectivity index (χ0v) is 18.3. The summed E-state index contributed by atoms with van der Waals surface area (Å²) in [5, 5.41) is 11.8. The molecule has 8 heteroatoms. The minimum Gasteiger partial charge on any atom is -0.362 e. The van der Waals surface area contributed by atoms with Gasteiger partial charge in [-0.1, -0.05) is 30.3 Å². The van der Waals surface area contributed by atoms with Crippen molar-refractivity contribution in [3.8, 4) is 0 Å². The third-order valence-electron chi connectivity index (χ3n) is 5.24. The molecule has 1 aliphatic rings. The largest absolute Gasteiger partial charge is 0.362 e. The number of carbonyl (C=O) groups is 3. The van der Waals surface area contributed by atoms with Crippen molar-refractivity contribution in [3.05, 3.63) is 82.0 Å². The van der Waals surface area contributed by atoms with Crippen molar-refractivity contribution >= 4 is 40.4 Å². The topological polar surface area (TPSA) is 90.5 Å². The van der Waals surface area contributed by atoms with Gasteiger partial charge in [0.1, 0.15) is 0 Å². The van der Waals surface area contributed by atoms with E-state index in [-0.39, 0.29) is 24.3 Å². The van der Waals surface area contributed by atoms with Gasteiger partial charge in [0.2, 0.25) is 11.8 Å². The molecule has 3 amide bonds. The van der Waals surface area contributed by atoms with Gasteiger partial charge in [0.15, 0.2) is 0 Å². The van der Waals surface area contributed by atoms with Crippen molar-refractivity contribution in [3.63, 3.8) is 0 Å². The number of fused-ring (bicyclic) bond motifs is 1. The second kappa shape index (κ2) is 10.1. The first-order chi connectivity index (χ1) is 15.6. The van der Waals surface area contributed by atoms with Crippen LogP contribution in [0.25, 0.3) is 0 Å². The summed E-state index contributed by atoms with van der Waals surface area (Å²) in [5.74, 6) is -0.597. The van der Waals surface area contributed by atoms with Crippen LogP contribution in [0.4, 0.5) is 11.4 Å². The molecule has 0 saturated carbocycles. The Morgan fingerprint density at radius 3 is 2.53 bits per heavy atom. The Balaban J connectivity index is 1.20. The van der Waals surface area contributed by atoms with E-state index in [1.807, 2.05) is 47.8 Å². The third-order valence-corrected chi connectivity index (χ3v) is 5.92. The summed E-state index contributed by atoms with van der Waals surface area (Å²) >= 11 is 1.43. The summed E-state index contributed by atoms with van der Waals surface area (Å²) in [7, 11) is 0. The molecule has 0 unspecified atom stereocenters. The molecule has 3 N–H and O–H groups in total. The van der Waals surface area contributed by atoms with Crippen molar-refractivity contribution in [1.29, 1.82) is 0 Å². The molecule has 2 aromatic carbocycles. The summed E-state index contributed by atoms with van der Waals surface area (Å²) in [6, 6.07) is 17.2. The van der Waals surface area contributed by atoms with Crippen LogP contribution in [0.2, 0.25) is 0 Å². The molecule has 1 aromatic heterocycles. The molecule has 0 radical (unpaired) electrons. The minimum atomic E-state index is -0.267. The van der Waals surface area contributed by atoms with Gasteiger partial charge in [-0.25, -0.2) is 0 Å². The summed E-state index contributed by atoms with van der Waals surface area (Å²) in [5.41, 5.74) is 4.56. The molecule has 0 saturated heterocycles. The van der Waals surface area contributed by atoms with Gasteiger partial charge < -0.3 is 20.9 Å². The van der Waals surface area contributed by atoms with E-state index in [0.717, 1.165) is 24.2 Å². The zero-order chi connectivity index (χ0) is 22.3. The van der Waals surface area contributed by atoms with Crippen molar-refractivity contribution in [1.82, 2.24) is 10.6 Å². The molecule has 0 bridgehead atoms. The van der Waals surface area contributed by atoms with Gasteiger partial charge >= 0.3 is 0 Å². The summed E-state index contributed by atoms with van der Waals surface area (Å²) in [4.78, 5) is 38.4. The molecule has 164 valence electrons. The van der Waals surface area contributed by atoms with Gasteiger partial charge in [0.25, 0.3) is 5.91 Å². The third kappa shape index (κ3) is 5.53. The van der Waals surface area contributed by atoms with Crippen molar-refractivity contribution in [2.45, 2.75) is 13.0 Å². The Morgan fingerprint density at radius 2 is 1.75 bits per heavy atom. The van der Waals surface area contributed by atoms with Gasteiger partial charge in [0, 0.05) is 35.4 Å². The van der Waals surface area contributed by atoms with Gasteiger partial charge in [-0.2, -0.15) is 11.3 Å². The lowest BCUT2D eigenvalue weighted by Crippen LogP contribution is -2.36. The fourth-order valence-corrected chi connectivity index (χ4v) is 4.21. The Kier molecular flexibility index (Phi) is 6.81. The Hall–Kier alpha value is -3.65. The number of hydrogen-bond donors (Lipinski definition) is 3. The van der Waals surface area contributed by atoms with E-state index < -0.39 is 0 Å². The average Bonchev–Trinajstić information content (AvgIpc) is 3.48. The Labute approximate surface area is 190 Å². The summed E-state index contributed by atoms with van der Waals surface area (Å²) < 4.78 is 0. The second-order valence-electron chi connectivity index (χ2n) is 7.52. The molecule has 0 atom stereocenters. The zero-order valence-electron chi connectivity index (χ0n) is 17.5. The monoisotopic (exact) mass is 448 g/mol. The van der Waals surface area contributed by atoms with E-state index in [4.69, 9.17) is 0 Å². The van der Waals surface area contributed by atoms with Crippen LogP contribution in [0.15, 0.2) is 65.4 Å². The summed E-state index contributed by atoms with van der Waals surface area (Å²) in [6.07, 6.45) is 0.960. The number of hydrogen-bond acceptors (Lipinski definition) is 5. The van der Waals surface area contributed by atoms with Gasteiger partial charge in [-0.05, 0) is 47.2 Å². The fourth-order valence-electron chi connectivity index (χ4n) is 3.57. The second-order valence-corrected chi connectivity index (χ2v) is 8.30. The van der Waals surface area contributed by atoms with Crippen molar-refractivity contribution < 1.29 is 14.4 Å². The number of anilines is 2. The Morgan fingerprint density at radius 1 is 0.938 bits per heavy atom. The predicted molar refractivity (Wildman–Crippen MR) is 126 cm³/mol. The van der Waals surface area contributed by atoms with Crippen LogP contribution in [-0.2, 0) is 22.6 Å². The van der Waals surface area contributed by atoms with E-state index in [1.165, 1.54) is 16.9 Å². The highest BCUT2D eigenvalue weighted by atomic mass is 32.1. The lowest BCUT2D eigenvalue weighted by Gasteiger charge is -2.18. The standard InChI is InChI=1S/C24H24N4O3S/c29-22(14-26-24(31)19-10-12-32-16-19)25-13-17-5-7-20(8-6-17)27-23(30)15-28-11-9-18-3-1-2-4-21(18)28/h1-8,10,12,16H,9,11,13-15H2,(H,25,29)(H,26,31)(H,27,30). The SMILES string of the molecule is O=C(CNC(=O)c1ccsc1)NCc1ccc(NC(=O)CN2CCc3ccccc32)cc1.